The second-order valence-electron chi connectivity index (χ2n) is 4.80. The van der Waals surface area contributed by atoms with Gasteiger partial charge in [0.1, 0.15) is 12.4 Å². The number of pyridine rings is 1. The van der Waals surface area contributed by atoms with Crippen molar-refractivity contribution < 1.29 is 9.47 Å². The molecule has 0 aromatic carbocycles. The van der Waals surface area contributed by atoms with Crippen LogP contribution in [-0.2, 0) is 11.2 Å². The van der Waals surface area contributed by atoms with Gasteiger partial charge in [0.05, 0.1) is 12.3 Å². The van der Waals surface area contributed by atoms with Crippen LogP contribution in [0.15, 0.2) is 18.3 Å². The van der Waals surface area contributed by atoms with Crippen molar-refractivity contribution in [1.82, 2.24) is 4.98 Å². The standard InChI is InChI=1S/C14H22N2O2/c1-2-11(15)8-12-5-6-13(9-16-12)18-10-14-4-3-7-17-14/h5-6,9,11,14H,2-4,7-8,10,15H2,1H3. The van der Waals surface area contributed by atoms with Crippen molar-refractivity contribution in [1.29, 1.82) is 0 Å². The third kappa shape index (κ3) is 3.96. The Labute approximate surface area is 108 Å². The second kappa shape index (κ2) is 6.71. The van der Waals surface area contributed by atoms with Crippen LogP contribution in [0.2, 0.25) is 0 Å². The van der Waals surface area contributed by atoms with E-state index in [2.05, 4.69) is 11.9 Å². The molecule has 0 amide bonds. The van der Waals surface area contributed by atoms with E-state index in [0.717, 1.165) is 43.7 Å². The molecule has 2 atom stereocenters. The van der Waals surface area contributed by atoms with E-state index in [1.54, 1.807) is 6.20 Å². The van der Waals surface area contributed by atoms with Gasteiger partial charge in [-0.15, -0.1) is 0 Å². The van der Waals surface area contributed by atoms with Crippen LogP contribution in [0.4, 0.5) is 0 Å². The van der Waals surface area contributed by atoms with Gasteiger partial charge >= 0.3 is 0 Å². The van der Waals surface area contributed by atoms with Crippen molar-refractivity contribution in [2.24, 2.45) is 5.73 Å². The average Bonchev–Trinajstić information content (AvgIpc) is 2.91. The van der Waals surface area contributed by atoms with Crippen molar-refractivity contribution in [3.05, 3.63) is 24.0 Å². The van der Waals surface area contributed by atoms with E-state index in [1.165, 1.54) is 0 Å². The highest BCUT2D eigenvalue weighted by atomic mass is 16.5. The maximum Gasteiger partial charge on any atom is 0.137 e. The lowest BCUT2D eigenvalue weighted by molar-refractivity contribution is 0.0678. The Hall–Kier alpha value is -1.13. The largest absolute Gasteiger partial charge is 0.489 e. The van der Waals surface area contributed by atoms with Gasteiger partial charge in [-0.3, -0.25) is 4.98 Å². The van der Waals surface area contributed by atoms with E-state index in [0.29, 0.717) is 6.61 Å². The third-order valence-corrected chi connectivity index (χ3v) is 3.25. The Morgan fingerprint density at radius 3 is 3.06 bits per heavy atom. The molecule has 1 aromatic heterocycles. The van der Waals surface area contributed by atoms with Gasteiger partial charge in [-0.2, -0.15) is 0 Å². The highest BCUT2D eigenvalue weighted by Crippen LogP contribution is 2.15. The van der Waals surface area contributed by atoms with Gasteiger partial charge in [-0.05, 0) is 31.4 Å². The van der Waals surface area contributed by atoms with E-state index < -0.39 is 0 Å². The molecule has 1 saturated heterocycles. The highest BCUT2D eigenvalue weighted by molar-refractivity contribution is 5.20. The molecule has 100 valence electrons. The summed E-state index contributed by atoms with van der Waals surface area (Å²) in [6.07, 6.45) is 6.05. The summed E-state index contributed by atoms with van der Waals surface area (Å²) in [4.78, 5) is 4.37. The zero-order valence-corrected chi connectivity index (χ0v) is 11.0. The molecule has 0 spiro atoms. The zero-order chi connectivity index (χ0) is 12.8. The first-order valence-corrected chi connectivity index (χ1v) is 6.73. The van der Waals surface area contributed by atoms with E-state index >= 15 is 0 Å². The van der Waals surface area contributed by atoms with E-state index in [1.807, 2.05) is 12.1 Å². The summed E-state index contributed by atoms with van der Waals surface area (Å²) in [5.74, 6) is 0.805. The quantitative estimate of drug-likeness (QED) is 0.838. The Balaban J connectivity index is 1.79. The normalized spacial score (nSPS) is 20.9. The predicted octanol–water partition coefficient (Wildman–Crippen LogP) is 1.92. The van der Waals surface area contributed by atoms with Crippen LogP contribution >= 0.6 is 0 Å². The summed E-state index contributed by atoms with van der Waals surface area (Å²) >= 11 is 0. The van der Waals surface area contributed by atoms with Crippen LogP contribution < -0.4 is 10.5 Å². The van der Waals surface area contributed by atoms with Gasteiger partial charge in [0.25, 0.3) is 0 Å². The molecule has 2 heterocycles. The Kier molecular flexibility index (Phi) is 4.96. The molecule has 1 aromatic rings. The first-order valence-electron chi connectivity index (χ1n) is 6.73. The molecule has 1 fully saturated rings. The van der Waals surface area contributed by atoms with Gasteiger partial charge in [-0.1, -0.05) is 6.92 Å². The first-order chi connectivity index (χ1) is 8.78. The number of nitrogens with two attached hydrogens (primary N) is 1. The summed E-state index contributed by atoms with van der Waals surface area (Å²) in [6.45, 7) is 3.57. The molecule has 0 saturated carbocycles. The van der Waals surface area contributed by atoms with Crippen LogP contribution in [-0.4, -0.2) is 30.3 Å². The molecule has 1 aliphatic rings. The molecule has 18 heavy (non-hydrogen) atoms. The van der Waals surface area contributed by atoms with Crippen molar-refractivity contribution in [3.63, 3.8) is 0 Å². The Morgan fingerprint density at radius 1 is 1.56 bits per heavy atom. The van der Waals surface area contributed by atoms with Gasteiger partial charge in [0.15, 0.2) is 0 Å². The smallest absolute Gasteiger partial charge is 0.137 e. The van der Waals surface area contributed by atoms with Gasteiger partial charge in [0.2, 0.25) is 0 Å². The van der Waals surface area contributed by atoms with Crippen LogP contribution in [0.25, 0.3) is 0 Å². The van der Waals surface area contributed by atoms with Crippen LogP contribution in [0.5, 0.6) is 5.75 Å². The molecule has 0 bridgehead atoms. The third-order valence-electron chi connectivity index (χ3n) is 3.25. The Morgan fingerprint density at radius 2 is 2.44 bits per heavy atom. The highest BCUT2D eigenvalue weighted by Gasteiger charge is 2.15. The minimum absolute atomic E-state index is 0.191. The summed E-state index contributed by atoms with van der Waals surface area (Å²) in [6, 6.07) is 4.14. The summed E-state index contributed by atoms with van der Waals surface area (Å²) < 4.78 is 11.2. The molecule has 2 rings (SSSR count). The SMILES string of the molecule is CCC(N)Cc1ccc(OCC2CCCO2)cn1. The number of aromatic nitrogens is 1. The lowest BCUT2D eigenvalue weighted by Gasteiger charge is -2.12. The molecule has 2 unspecified atom stereocenters. The lowest BCUT2D eigenvalue weighted by atomic mass is 10.1. The fourth-order valence-electron chi connectivity index (χ4n) is 1.99. The fourth-order valence-corrected chi connectivity index (χ4v) is 1.99. The molecule has 4 nitrogen and oxygen atoms in total. The molecule has 0 radical (unpaired) electrons. The maximum absolute atomic E-state index is 5.90. The Bertz CT molecular complexity index is 347. The number of hydrogen-bond acceptors (Lipinski definition) is 4. The van der Waals surface area contributed by atoms with Gasteiger partial charge in [-0.25, -0.2) is 0 Å². The van der Waals surface area contributed by atoms with Crippen LogP contribution in [0, 0.1) is 0 Å². The zero-order valence-electron chi connectivity index (χ0n) is 11.0. The van der Waals surface area contributed by atoms with Crippen LogP contribution in [0.3, 0.4) is 0 Å². The minimum Gasteiger partial charge on any atom is -0.489 e. The number of nitrogens with zero attached hydrogens (tertiary/aromatic N) is 1. The number of rotatable bonds is 6. The van der Waals surface area contributed by atoms with Crippen LogP contribution in [0.1, 0.15) is 31.9 Å². The van der Waals surface area contributed by atoms with Crippen molar-refractivity contribution in [3.8, 4) is 5.75 Å². The average molecular weight is 250 g/mol. The molecular weight excluding hydrogens is 228 g/mol. The topological polar surface area (TPSA) is 57.4 Å². The van der Waals surface area contributed by atoms with Gasteiger partial charge in [0, 0.05) is 24.8 Å². The fraction of sp³-hybridized carbons (Fsp3) is 0.643. The van der Waals surface area contributed by atoms with E-state index in [9.17, 15) is 0 Å². The number of ether oxygens (including phenoxy) is 2. The lowest BCUT2D eigenvalue weighted by Crippen LogP contribution is -2.22. The van der Waals surface area contributed by atoms with E-state index in [-0.39, 0.29) is 12.1 Å². The monoisotopic (exact) mass is 250 g/mol. The second-order valence-corrected chi connectivity index (χ2v) is 4.80. The first kappa shape index (κ1) is 13.3. The molecular formula is C14H22N2O2. The summed E-state index contributed by atoms with van der Waals surface area (Å²) in [5.41, 5.74) is 6.92. The maximum atomic E-state index is 5.90. The van der Waals surface area contributed by atoms with E-state index in [4.69, 9.17) is 15.2 Å². The summed E-state index contributed by atoms with van der Waals surface area (Å²) in [7, 11) is 0. The predicted molar refractivity (Wildman–Crippen MR) is 70.7 cm³/mol. The molecule has 4 heteroatoms. The minimum atomic E-state index is 0.191. The summed E-state index contributed by atoms with van der Waals surface area (Å²) in [5, 5.41) is 0. The molecule has 2 N–H and O–H groups in total. The molecule has 0 aliphatic carbocycles. The van der Waals surface area contributed by atoms with Crippen molar-refractivity contribution in [2.75, 3.05) is 13.2 Å². The molecule has 1 aliphatic heterocycles. The van der Waals surface area contributed by atoms with Crippen molar-refractivity contribution in [2.45, 2.75) is 44.8 Å². The van der Waals surface area contributed by atoms with Crippen molar-refractivity contribution >= 4 is 0 Å². The number of hydrogen-bond donors (Lipinski definition) is 1. The van der Waals surface area contributed by atoms with Gasteiger partial charge < -0.3 is 15.2 Å².